The summed E-state index contributed by atoms with van der Waals surface area (Å²) in [7, 11) is 0. The summed E-state index contributed by atoms with van der Waals surface area (Å²) in [6, 6.07) is 0. The molecule has 3 heteroatoms. The van der Waals surface area contributed by atoms with Gasteiger partial charge in [-0.1, -0.05) is 0 Å². The van der Waals surface area contributed by atoms with Gasteiger partial charge < -0.3 is 5.73 Å². The normalized spacial score (nSPS) is 42.0. The molecule has 0 amide bonds. The van der Waals surface area contributed by atoms with Gasteiger partial charge in [0.05, 0.1) is 5.69 Å². The Bertz CT molecular complexity index is 334. The van der Waals surface area contributed by atoms with Crippen LogP contribution in [0, 0.1) is 18.8 Å². The van der Waals surface area contributed by atoms with E-state index >= 15 is 0 Å². The molecule has 0 bridgehead atoms. The number of fused-ring (bicyclic) bond motifs is 1. The maximum Gasteiger partial charge on any atom is 0.0561 e. The lowest BCUT2D eigenvalue weighted by molar-refractivity contribution is 0.409. The average Bonchev–Trinajstić information content (AvgIpc) is 2.54. The van der Waals surface area contributed by atoms with Crippen molar-refractivity contribution in [3.05, 3.63) is 16.6 Å². The van der Waals surface area contributed by atoms with E-state index in [1.54, 1.807) is 0 Å². The fourth-order valence-corrected chi connectivity index (χ4v) is 3.64. The molecular formula is C10H14N2S. The van der Waals surface area contributed by atoms with E-state index in [0.717, 1.165) is 17.5 Å². The Morgan fingerprint density at radius 3 is 2.77 bits per heavy atom. The highest BCUT2D eigenvalue weighted by Crippen LogP contribution is 2.58. The van der Waals surface area contributed by atoms with Crippen LogP contribution in [0.15, 0.2) is 5.38 Å². The fraction of sp³-hybridized carbons (Fsp3) is 0.700. The number of aryl methyl sites for hydroxylation is 1. The molecule has 0 aromatic carbocycles. The molecule has 70 valence electrons. The third-order valence-corrected chi connectivity index (χ3v) is 4.33. The molecule has 3 rings (SSSR count). The smallest absolute Gasteiger partial charge is 0.0561 e. The summed E-state index contributed by atoms with van der Waals surface area (Å²) < 4.78 is 4.31. The van der Waals surface area contributed by atoms with Gasteiger partial charge >= 0.3 is 0 Å². The molecule has 1 heterocycles. The van der Waals surface area contributed by atoms with E-state index in [4.69, 9.17) is 5.73 Å². The molecule has 0 aliphatic heterocycles. The Morgan fingerprint density at radius 2 is 2.23 bits per heavy atom. The molecule has 0 radical (unpaired) electrons. The lowest BCUT2D eigenvalue weighted by Crippen LogP contribution is -2.35. The van der Waals surface area contributed by atoms with Crippen molar-refractivity contribution in [1.29, 1.82) is 0 Å². The van der Waals surface area contributed by atoms with Crippen LogP contribution < -0.4 is 5.73 Å². The summed E-state index contributed by atoms with van der Waals surface area (Å²) in [4.78, 5) is 0. The van der Waals surface area contributed by atoms with Crippen molar-refractivity contribution in [1.82, 2.24) is 4.37 Å². The minimum absolute atomic E-state index is 0.0231. The van der Waals surface area contributed by atoms with E-state index in [1.807, 2.05) is 0 Å². The van der Waals surface area contributed by atoms with Gasteiger partial charge in [-0.15, -0.1) is 0 Å². The summed E-state index contributed by atoms with van der Waals surface area (Å²) in [5.41, 5.74) is 8.85. The van der Waals surface area contributed by atoms with E-state index in [1.165, 1.54) is 36.4 Å². The first-order chi connectivity index (χ1) is 6.19. The fourth-order valence-electron chi connectivity index (χ4n) is 2.82. The molecule has 1 aromatic heterocycles. The second kappa shape index (κ2) is 2.34. The van der Waals surface area contributed by atoms with Gasteiger partial charge in [-0.2, -0.15) is 4.37 Å². The third kappa shape index (κ3) is 1.07. The number of rotatable bonds is 1. The third-order valence-electron chi connectivity index (χ3n) is 3.61. The highest BCUT2D eigenvalue weighted by molar-refractivity contribution is 7.03. The zero-order chi connectivity index (χ0) is 9.05. The maximum absolute atomic E-state index is 6.41. The van der Waals surface area contributed by atoms with Crippen molar-refractivity contribution in [2.75, 3.05) is 0 Å². The lowest BCUT2D eigenvalue weighted by Gasteiger charge is -2.25. The predicted octanol–water partition coefficient (Wildman–Crippen LogP) is 2.04. The van der Waals surface area contributed by atoms with Gasteiger partial charge in [0.2, 0.25) is 0 Å². The molecule has 2 N–H and O–H groups in total. The molecule has 2 nitrogen and oxygen atoms in total. The van der Waals surface area contributed by atoms with Gasteiger partial charge in [0, 0.05) is 16.5 Å². The van der Waals surface area contributed by atoms with Gasteiger partial charge in [-0.3, -0.25) is 0 Å². The first kappa shape index (κ1) is 7.94. The SMILES string of the molecule is Cc1nscc1C1(N)CC2CC2C1. The average molecular weight is 194 g/mol. The Kier molecular flexibility index (Phi) is 1.43. The number of nitrogens with zero attached hydrogens (tertiary/aromatic N) is 1. The molecule has 2 aliphatic carbocycles. The highest BCUT2D eigenvalue weighted by Gasteiger charge is 2.53. The molecule has 1 aromatic rings. The van der Waals surface area contributed by atoms with Gasteiger partial charge in [-0.25, -0.2) is 0 Å². The van der Waals surface area contributed by atoms with Gasteiger partial charge in [0.25, 0.3) is 0 Å². The van der Waals surface area contributed by atoms with Crippen LogP contribution in [-0.2, 0) is 5.54 Å². The van der Waals surface area contributed by atoms with Gasteiger partial charge in [0.15, 0.2) is 0 Å². The second-order valence-electron chi connectivity index (χ2n) is 4.63. The van der Waals surface area contributed by atoms with Crippen LogP contribution in [0.1, 0.15) is 30.5 Å². The van der Waals surface area contributed by atoms with Gasteiger partial charge in [0.1, 0.15) is 0 Å². The number of hydrogen-bond acceptors (Lipinski definition) is 3. The van der Waals surface area contributed by atoms with Crippen LogP contribution in [0.2, 0.25) is 0 Å². The molecule has 2 saturated carbocycles. The van der Waals surface area contributed by atoms with Crippen LogP contribution in [-0.4, -0.2) is 4.37 Å². The monoisotopic (exact) mass is 194 g/mol. The maximum atomic E-state index is 6.41. The highest BCUT2D eigenvalue weighted by atomic mass is 32.1. The molecular weight excluding hydrogens is 180 g/mol. The molecule has 2 atom stereocenters. The predicted molar refractivity (Wildman–Crippen MR) is 53.5 cm³/mol. The Labute approximate surface area is 82.3 Å². The van der Waals surface area contributed by atoms with Crippen LogP contribution in [0.3, 0.4) is 0 Å². The summed E-state index contributed by atoms with van der Waals surface area (Å²) >= 11 is 1.54. The Hall–Kier alpha value is -0.410. The zero-order valence-electron chi connectivity index (χ0n) is 7.79. The van der Waals surface area contributed by atoms with Crippen LogP contribution in [0.5, 0.6) is 0 Å². The van der Waals surface area contributed by atoms with Crippen molar-refractivity contribution < 1.29 is 0 Å². The number of nitrogens with two attached hydrogens (primary N) is 1. The molecule has 13 heavy (non-hydrogen) atoms. The lowest BCUT2D eigenvalue weighted by atomic mass is 9.87. The Morgan fingerprint density at radius 1 is 1.54 bits per heavy atom. The first-order valence-electron chi connectivity index (χ1n) is 4.89. The van der Waals surface area contributed by atoms with Gasteiger partial charge in [-0.05, 0) is 49.6 Å². The number of hydrogen-bond donors (Lipinski definition) is 1. The van der Waals surface area contributed by atoms with Crippen molar-refractivity contribution in [3.63, 3.8) is 0 Å². The summed E-state index contributed by atoms with van der Waals surface area (Å²) in [6.45, 7) is 2.07. The summed E-state index contributed by atoms with van der Waals surface area (Å²) in [5, 5.41) is 2.14. The number of aromatic nitrogens is 1. The van der Waals surface area contributed by atoms with Crippen LogP contribution in [0.25, 0.3) is 0 Å². The largest absolute Gasteiger partial charge is 0.321 e. The van der Waals surface area contributed by atoms with E-state index in [0.29, 0.717) is 0 Å². The van der Waals surface area contributed by atoms with Crippen LogP contribution >= 0.6 is 11.5 Å². The minimum Gasteiger partial charge on any atom is -0.321 e. The first-order valence-corrected chi connectivity index (χ1v) is 5.73. The second-order valence-corrected chi connectivity index (χ2v) is 5.26. The zero-order valence-corrected chi connectivity index (χ0v) is 8.60. The van der Waals surface area contributed by atoms with Crippen LogP contribution in [0.4, 0.5) is 0 Å². The minimum atomic E-state index is -0.0231. The van der Waals surface area contributed by atoms with E-state index in [9.17, 15) is 0 Å². The summed E-state index contributed by atoms with van der Waals surface area (Å²) in [6.07, 6.45) is 3.81. The molecule has 0 spiro atoms. The van der Waals surface area contributed by atoms with Crippen molar-refractivity contribution in [2.45, 2.75) is 31.7 Å². The Balaban J connectivity index is 1.96. The van der Waals surface area contributed by atoms with Crippen molar-refractivity contribution in [2.24, 2.45) is 17.6 Å². The molecule has 2 fully saturated rings. The topological polar surface area (TPSA) is 38.9 Å². The van der Waals surface area contributed by atoms with E-state index in [2.05, 4.69) is 16.7 Å². The molecule has 2 unspecified atom stereocenters. The van der Waals surface area contributed by atoms with E-state index in [-0.39, 0.29) is 5.54 Å². The standard InChI is InChI=1S/C10H14N2S/c1-6-9(5-13-12-6)10(11)3-7-2-8(7)4-10/h5,7-8H,2-4,11H2,1H3. The van der Waals surface area contributed by atoms with Crippen molar-refractivity contribution >= 4 is 11.5 Å². The molecule has 0 saturated heterocycles. The molecule has 2 aliphatic rings. The quantitative estimate of drug-likeness (QED) is 0.743. The summed E-state index contributed by atoms with van der Waals surface area (Å²) in [5.74, 6) is 1.87. The van der Waals surface area contributed by atoms with Crippen molar-refractivity contribution in [3.8, 4) is 0 Å². The van der Waals surface area contributed by atoms with E-state index < -0.39 is 0 Å².